The third kappa shape index (κ3) is 4.96. The smallest absolute Gasteiger partial charge is 0.407 e. The lowest BCUT2D eigenvalue weighted by atomic mass is 9.75. The molecule has 1 atom stereocenters. The van der Waals surface area contributed by atoms with Gasteiger partial charge in [-0.15, -0.1) is 0 Å². The highest BCUT2D eigenvalue weighted by Gasteiger charge is 2.41. The van der Waals surface area contributed by atoms with Gasteiger partial charge < -0.3 is 20.3 Å². The largest absolute Gasteiger partial charge is 0.481 e. The summed E-state index contributed by atoms with van der Waals surface area (Å²) in [6.07, 6.45) is -0.696. The number of aliphatic carboxylic acids is 1. The highest BCUT2D eigenvalue weighted by atomic mass is 16.6. The van der Waals surface area contributed by atoms with Crippen LogP contribution in [-0.2, 0) is 14.9 Å². The number of benzene rings is 1. The Hall–Kier alpha value is -2.08. The van der Waals surface area contributed by atoms with Crippen LogP contribution >= 0.6 is 0 Å². The average molecular weight is 323 g/mol. The van der Waals surface area contributed by atoms with Crippen LogP contribution in [0.1, 0.15) is 38.3 Å². The fraction of sp³-hybridized carbons (Fsp3) is 0.529. The van der Waals surface area contributed by atoms with Crippen molar-refractivity contribution >= 4 is 12.1 Å². The molecule has 1 aromatic carbocycles. The van der Waals surface area contributed by atoms with Gasteiger partial charge in [-0.05, 0) is 45.2 Å². The monoisotopic (exact) mass is 323 g/mol. The van der Waals surface area contributed by atoms with E-state index in [0.717, 1.165) is 5.56 Å². The maximum Gasteiger partial charge on any atom is 0.407 e. The summed E-state index contributed by atoms with van der Waals surface area (Å²) in [7, 11) is 0. The second-order valence-electron chi connectivity index (χ2n) is 6.53. The number of aryl methyl sites for hydroxylation is 1. The van der Waals surface area contributed by atoms with Gasteiger partial charge in [0.15, 0.2) is 0 Å². The van der Waals surface area contributed by atoms with Crippen LogP contribution in [0.25, 0.3) is 0 Å². The Bertz CT molecular complexity index is 564. The number of aliphatic hydroxyl groups excluding tert-OH is 1. The lowest BCUT2D eigenvalue weighted by Crippen LogP contribution is -2.48. The van der Waals surface area contributed by atoms with E-state index in [1.165, 1.54) is 0 Å². The highest BCUT2D eigenvalue weighted by Crippen LogP contribution is 2.30. The van der Waals surface area contributed by atoms with Gasteiger partial charge in [-0.1, -0.05) is 24.3 Å². The van der Waals surface area contributed by atoms with Crippen molar-refractivity contribution in [3.8, 4) is 0 Å². The normalized spacial score (nSPS) is 14.0. The summed E-state index contributed by atoms with van der Waals surface area (Å²) < 4.78 is 5.15. The molecule has 1 rings (SSSR count). The van der Waals surface area contributed by atoms with Gasteiger partial charge >= 0.3 is 12.1 Å². The van der Waals surface area contributed by atoms with E-state index in [0.29, 0.717) is 5.56 Å². The molecule has 1 aromatic rings. The van der Waals surface area contributed by atoms with Crippen molar-refractivity contribution in [2.45, 2.75) is 45.1 Å². The van der Waals surface area contributed by atoms with Crippen molar-refractivity contribution in [2.24, 2.45) is 0 Å². The van der Waals surface area contributed by atoms with E-state index in [-0.39, 0.29) is 19.6 Å². The number of carboxylic acids is 1. The van der Waals surface area contributed by atoms with Gasteiger partial charge in [-0.2, -0.15) is 0 Å². The van der Waals surface area contributed by atoms with Gasteiger partial charge in [-0.3, -0.25) is 4.79 Å². The van der Waals surface area contributed by atoms with E-state index in [1.807, 2.05) is 6.07 Å². The molecule has 0 aliphatic rings. The molecule has 1 unspecified atom stereocenters. The topological polar surface area (TPSA) is 95.9 Å². The number of ether oxygens (including phenoxy) is 1. The molecule has 1 amide bonds. The number of rotatable bonds is 6. The molecule has 128 valence electrons. The third-order valence-corrected chi connectivity index (χ3v) is 3.54. The number of carboxylic acid groups (broad SMARTS) is 1. The molecule has 0 aliphatic carbocycles. The number of nitrogens with one attached hydrogen (secondary N) is 1. The number of carbonyl (C=O) groups excluding carboxylic acids is 1. The Kier molecular flexibility index (Phi) is 6.15. The van der Waals surface area contributed by atoms with Gasteiger partial charge in [-0.25, -0.2) is 4.79 Å². The van der Waals surface area contributed by atoms with Gasteiger partial charge in [0, 0.05) is 13.2 Å². The lowest BCUT2D eigenvalue weighted by Gasteiger charge is -2.31. The number of alkyl carbamates (subject to hydrolysis) is 1. The van der Waals surface area contributed by atoms with Crippen LogP contribution in [0.15, 0.2) is 24.3 Å². The SMILES string of the molecule is Cc1ccccc1C(CCO)(CNC(=O)OC(C)(C)C)C(=O)O. The zero-order valence-electron chi connectivity index (χ0n) is 14.0. The zero-order valence-corrected chi connectivity index (χ0v) is 14.0. The highest BCUT2D eigenvalue weighted by molar-refractivity contribution is 5.83. The summed E-state index contributed by atoms with van der Waals surface area (Å²) >= 11 is 0. The molecule has 0 spiro atoms. The van der Waals surface area contributed by atoms with E-state index >= 15 is 0 Å². The van der Waals surface area contributed by atoms with Crippen LogP contribution < -0.4 is 5.32 Å². The van der Waals surface area contributed by atoms with Crippen molar-refractivity contribution in [3.63, 3.8) is 0 Å². The second-order valence-corrected chi connectivity index (χ2v) is 6.53. The molecule has 0 aromatic heterocycles. The first-order chi connectivity index (χ1) is 10.6. The lowest BCUT2D eigenvalue weighted by molar-refractivity contribution is -0.144. The van der Waals surface area contributed by atoms with E-state index in [1.54, 1.807) is 45.9 Å². The summed E-state index contributed by atoms with van der Waals surface area (Å²) in [5.41, 5.74) is -0.723. The molecule has 23 heavy (non-hydrogen) atoms. The molecule has 6 nitrogen and oxygen atoms in total. The van der Waals surface area contributed by atoms with Gasteiger partial charge in [0.25, 0.3) is 0 Å². The first kappa shape index (κ1) is 19.0. The summed E-state index contributed by atoms with van der Waals surface area (Å²) in [6.45, 7) is 6.52. The van der Waals surface area contributed by atoms with Crippen LogP contribution in [0.2, 0.25) is 0 Å². The number of hydrogen-bond donors (Lipinski definition) is 3. The predicted octanol–water partition coefficient (Wildman–Crippen LogP) is 2.22. The van der Waals surface area contributed by atoms with Crippen LogP contribution in [0, 0.1) is 6.92 Å². The van der Waals surface area contributed by atoms with Gasteiger partial charge in [0.05, 0.1) is 0 Å². The molecular weight excluding hydrogens is 298 g/mol. The third-order valence-electron chi connectivity index (χ3n) is 3.54. The Morgan fingerprint density at radius 3 is 2.30 bits per heavy atom. The molecule has 0 saturated heterocycles. The van der Waals surface area contributed by atoms with Crippen molar-refractivity contribution in [2.75, 3.05) is 13.2 Å². The van der Waals surface area contributed by atoms with Crippen molar-refractivity contribution in [1.29, 1.82) is 0 Å². The molecular formula is C17H25NO5. The Labute approximate surface area is 136 Å². The Morgan fingerprint density at radius 2 is 1.83 bits per heavy atom. The standard InChI is InChI=1S/C17H25NO5/c1-12-7-5-6-8-13(12)17(9-10-19,14(20)21)11-18-15(22)23-16(2,3)4/h5-8,19H,9-11H2,1-4H3,(H,18,22)(H,20,21). The maximum absolute atomic E-state index is 12.0. The Balaban J connectivity index is 3.09. The summed E-state index contributed by atoms with van der Waals surface area (Å²) in [5, 5.41) is 21.6. The van der Waals surface area contributed by atoms with Crippen molar-refractivity contribution in [3.05, 3.63) is 35.4 Å². The average Bonchev–Trinajstić information content (AvgIpc) is 2.42. The van der Waals surface area contributed by atoms with Crippen LogP contribution in [0.3, 0.4) is 0 Å². The molecule has 0 saturated carbocycles. The fourth-order valence-corrected chi connectivity index (χ4v) is 2.45. The van der Waals surface area contributed by atoms with E-state index in [4.69, 9.17) is 4.74 Å². The minimum Gasteiger partial charge on any atom is -0.481 e. The molecule has 6 heteroatoms. The zero-order chi connectivity index (χ0) is 17.7. The van der Waals surface area contributed by atoms with E-state index in [9.17, 15) is 19.8 Å². The minimum atomic E-state index is -1.41. The second kappa shape index (κ2) is 7.46. The number of aliphatic hydroxyl groups is 1. The van der Waals surface area contributed by atoms with E-state index < -0.39 is 23.1 Å². The summed E-state index contributed by atoms with van der Waals surface area (Å²) in [6, 6.07) is 7.06. The molecule has 0 fully saturated rings. The molecule has 0 aliphatic heterocycles. The first-order valence-corrected chi connectivity index (χ1v) is 7.49. The first-order valence-electron chi connectivity index (χ1n) is 7.49. The molecule has 0 heterocycles. The molecule has 3 N–H and O–H groups in total. The van der Waals surface area contributed by atoms with Crippen LogP contribution in [0.4, 0.5) is 4.79 Å². The fourth-order valence-electron chi connectivity index (χ4n) is 2.45. The summed E-state index contributed by atoms with van der Waals surface area (Å²) in [5.74, 6) is -1.10. The van der Waals surface area contributed by atoms with Crippen LogP contribution in [-0.4, -0.2) is 41.0 Å². The molecule has 0 bridgehead atoms. The number of hydrogen-bond acceptors (Lipinski definition) is 4. The number of carbonyl (C=O) groups is 2. The summed E-state index contributed by atoms with van der Waals surface area (Å²) in [4.78, 5) is 23.8. The minimum absolute atomic E-state index is 0.0109. The number of amides is 1. The van der Waals surface area contributed by atoms with Crippen molar-refractivity contribution in [1.82, 2.24) is 5.32 Å². The van der Waals surface area contributed by atoms with Crippen molar-refractivity contribution < 1.29 is 24.5 Å². The Morgan fingerprint density at radius 1 is 1.22 bits per heavy atom. The predicted molar refractivity (Wildman–Crippen MR) is 86.4 cm³/mol. The quantitative estimate of drug-likeness (QED) is 0.746. The van der Waals surface area contributed by atoms with E-state index in [2.05, 4.69) is 5.32 Å². The van der Waals surface area contributed by atoms with Crippen LogP contribution in [0.5, 0.6) is 0 Å². The van der Waals surface area contributed by atoms with Gasteiger partial charge in [0.1, 0.15) is 11.0 Å². The van der Waals surface area contributed by atoms with Gasteiger partial charge in [0.2, 0.25) is 0 Å². The molecule has 0 radical (unpaired) electrons. The maximum atomic E-state index is 12.0.